The van der Waals surface area contributed by atoms with E-state index in [1.807, 2.05) is 36.7 Å². The summed E-state index contributed by atoms with van der Waals surface area (Å²) in [5.41, 5.74) is 2.85. The second-order valence-electron chi connectivity index (χ2n) is 7.56. The molecule has 6 rings (SSSR count). The van der Waals surface area contributed by atoms with Crippen LogP contribution in [0.2, 0.25) is 0 Å². The van der Waals surface area contributed by atoms with Crippen molar-refractivity contribution in [1.82, 2.24) is 29.5 Å². The molecule has 0 amide bonds. The molecule has 0 radical (unpaired) electrons. The molecule has 2 saturated carbocycles. The molecule has 2 aliphatic rings. The highest BCUT2D eigenvalue weighted by atomic mass is 15.2. The first-order valence-electron chi connectivity index (χ1n) is 9.51. The Labute approximate surface area is 157 Å². The SMILES string of the molecule is [HH].c1ccc2nc(NC3CC(n4c(C5CC5)nc5cncnc54)C3)ncc2c1. The van der Waals surface area contributed by atoms with E-state index in [-0.39, 0.29) is 1.43 Å². The molecule has 3 heterocycles. The lowest BCUT2D eigenvalue weighted by molar-refractivity contribution is 0.281. The minimum atomic E-state index is 0. The highest BCUT2D eigenvalue weighted by molar-refractivity contribution is 5.78. The molecule has 27 heavy (non-hydrogen) atoms. The lowest BCUT2D eigenvalue weighted by Crippen LogP contribution is -2.38. The molecule has 0 saturated heterocycles. The smallest absolute Gasteiger partial charge is 0.223 e. The zero-order chi connectivity index (χ0) is 17.8. The van der Waals surface area contributed by atoms with Crippen molar-refractivity contribution in [3.8, 4) is 0 Å². The lowest BCUT2D eigenvalue weighted by atomic mass is 9.86. The Morgan fingerprint density at radius 3 is 2.78 bits per heavy atom. The fourth-order valence-corrected chi connectivity index (χ4v) is 4.00. The molecule has 1 N–H and O–H groups in total. The predicted octanol–water partition coefficient (Wildman–Crippen LogP) is 3.71. The summed E-state index contributed by atoms with van der Waals surface area (Å²) >= 11 is 0. The fraction of sp³-hybridized carbons (Fsp3) is 0.350. The van der Waals surface area contributed by atoms with Crippen LogP contribution in [0.5, 0.6) is 0 Å². The Kier molecular flexibility index (Phi) is 3.17. The van der Waals surface area contributed by atoms with Gasteiger partial charge in [0.2, 0.25) is 5.95 Å². The third kappa shape index (κ3) is 2.53. The minimum absolute atomic E-state index is 0. The van der Waals surface area contributed by atoms with Gasteiger partial charge in [0, 0.05) is 31.0 Å². The molecule has 7 heteroatoms. The van der Waals surface area contributed by atoms with Gasteiger partial charge in [0.25, 0.3) is 0 Å². The number of rotatable bonds is 4. The van der Waals surface area contributed by atoms with Gasteiger partial charge in [-0.05, 0) is 31.7 Å². The van der Waals surface area contributed by atoms with Crippen LogP contribution in [-0.4, -0.2) is 35.5 Å². The van der Waals surface area contributed by atoms with E-state index in [4.69, 9.17) is 4.98 Å². The highest BCUT2D eigenvalue weighted by Gasteiger charge is 2.37. The molecule has 2 aliphatic carbocycles. The molecule has 136 valence electrons. The molecule has 0 bridgehead atoms. The van der Waals surface area contributed by atoms with Gasteiger partial charge in [-0.15, -0.1) is 0 Å². The Morgan fingerprint density at radius 1 is 1.00 bits per heavy atom. The summed E-state index contributed by atoms with van der Waals surface area (Å²) in [6, 6.07) is 8.87. The third-order valence-corrected chi connectivity index (χ3v) is 5.63. The maximum absolute atomic E-state index is 4.81. The molecule has 1 aromatic carbocycles. The Hall–Kier alpha value is -3.09. The van der Waals surface area contributed by atoms with Crippen molar-refractivity contribution in [2.24, 2.45) is 0 Å². The van der Waals surface area contributed by atoms with Gasteiger partial charge in [0.15, 0.2) is 5.65 Å². The summed E-state index contributed by atoms with van der Waals surface area (Å²) < 4.78 is 2.36. The summed E-state index contributed by atoms with van der Waals surface area (Å²) in [4.78, 5) is 22.5. The van der Waals surface area contributed by atoms with Gasteiger partial charge in [-0.2, -0.15) is 0 Å². The highest BCUT2D eigenvalue weighted by Crippen LogP contribution is 2.45. The first-order chi connectivity index (χ1) is 13.3. The van der Waals surface area contributed by atoms with Gasteiger partial charge < -0.3 is 9.88 Å². The number of anilines is 1. The number of imidazole rings is 1. The number of hydrogen-bond acceptors (Lipinski definition) is 6. The monoisotopic (exact) mass is 359 g/mol. The summed E-state index contributed by atoms with van der Waals surface area (Å²) in [6.07, 6.45) is 9.85. The Morgan fingerprint density at radius 2 is 1.89 bits per heavy atom. The largest absolute Gasteiger partial charge is 0.351 e. The molecule has 7 nitrogen and oxygen atoms in total. The molecule has 0 unspecified atom stereocenters. The summed E-state index contributed by atoms with van der Waals surface area (Å²) in [6.45, 7) is 0. The van der Waals surface area contributed by atoms with E-state index in [1.54, 1.807) is 6.33 Å². The normalized spacial score (nSPS) is 22.1. The number of hydrogen-bond donors (Lipinski definition) is 1. The van der Waals surface area contributed by atoms with Crippen LogP contribution < -0.4 is 5.32 Å². The van der Waals surface area contributed by atoms with E-state index < -0.39 is 0 Å². The number of benzene rings is 1. The molecule has 0 atom stereocenters. The molecular weight excluding hydrogens is 338 g/mol. The van der Waals surface area contributed by atoms with E-state index >= 15 is 0 Å². The van der Waals surface area contributed by atoms with Crippen LogP contribution in [0.1, 0.15) is 44.9 Å². The van der Waals surface area contributed by atoms with Gasteiger partial charge in [0.1, 0.15) is 17.7 Å². The van der Waals surface area contributed by atoms with Crippen LogP contribution in [0.25, 0.3) is 22.1 Å². The van der Waals surface area contributed by atoms with Gasteiger partial charge in [-0.25, -0.2) is 24.9 Å². The van der Waals surface area contributed by atoms with Crippen molar-refractivity contribution in [2.45, 2.75) is 43.7 Å². The summed E-state index contributed by atoms with van der Waals surface area (Å²) in [5, 5.41) is 4.55. The maximum atomic E-state index is 4.81. The van der Waals surface area contributed by atoms with Crippen molar-refractivity contribution in [1.29, 1.82) is 0 Å². The zero-order valence-electron chi connectivity index (χ0n) is 14.8. The van der Waals surface area contributed by atoms with Crippen LogP contribution in [0.4, 0.5) is 5.95 Å². The number of fused-ring (bicyclic) bond motifs is 2. The molecular formula is C20H21N7. The summed E-state index contributed by atoms with van der Waals surface area (Å²) in [5.74, 6) is 2.49. The van der Waals surface area contributed by atoms with Crippen molar-refractivity contribution < 1.29 is 1.43 Å². The standard InChI is InChI=1S/C20H19N7.H2/c1-2-4-16-13(3-1)9-22-20(26-16)24-14-7-15(8-14)27-18(12-5-6-12)25-17-10-21-11-23-19(17)27;/h1-4,9-12,14-15H,5-8H2,(H,22,24,26);1H. The molecule has 0 spiro atoms. The van der Waals surface area contributed by atoms with Crippen LogP contribution in [0, 0.1) is 0 Å². The van der Waals surface area contributed by atoms with Crippen LogP contribution in [0.3, 0.4) is 0 Å². The van der Waals surface area contributed by atoms with E-state index in [2.05, 4.69) is 29.8 Å². The van der Waals surface area contributed by atoms with Gasteiger partial charge >= 0.3 is 0 Å². The predicted molar refractivity (Wildman–Crippen MR) is 105 cm³/mol. The first kappa shape index (κ1) is 15.0. The van der Waals surface area contributed by atoms with Crippen LogP contribution >= 0.6 is 0 Å². The third-order valence-electron chi connectivity index (χ3n) is 5.63. The minimum Gasteiger partial charge on any atom is -0.351 e. The quantitative estimate of drug-likeness (QED) is 0.598. The second kappa shape index (κ2) is 5.70. The van der Waals surface area contributed by atoms with Crippen molar-refractivity contribution in [2.75, 3.05) is 5.32 Å². The van der Waals surface area contributed by atoms with Crippen molar-refractivity contribution in [3.63, 3.8) is 0 Å². The zero-order valence-corrected chi connectivity index (χ0v) is 14.8. The fourth-order valence-electron chi connectivity index (χ4n) is 4.00. The first-order valence-corrected chi connectivity index (χ1v) is 9.51. The van der Waals surface area contributed by atoms with Gasteiger partial charge in [-0.3, -0.25) is 0 Å². The molecule has 0 aliphatic heterocycles. The van der Waals surface area contributed by atoms with E-state index in [9.17, 15) is 0 Å². The summed E-state index contributed by atoms with van der Waals surface area (Å²) in [7, 11) is 0. The second-order valence-corrected chi connectivity index (χ2v) is 7.56. The number of aromatic nitrogens is 6. The average molecular weight is 359 g/mol. The van der Waals surface area contributed by atoms with Gasteiger partial charge in [-0.1, -0.05) is 18.2 Å². The topological polar surface area (TPSA) is 81.4 Å². The lowest BCUT2D eigenvalue weighted by Gasteiger charge is -2.37. The number of nitrogens with zero attached hydrogens (tertiary/aromatic N) is 6. The number of para-hydroxylation sites is 1. The van der Waals surface area contributed by atoms with Crippen LogP contribution in [-0.2, 0) is 0 Å². The molecule has 4 aromatic rings. The number of nitrogens with one attached hydrogen (secondary N) is 1. The maximum Gasteiger partial charge on any atom is 0.223 e. The van der Waals surface area contributed by atoms with Crippen molar-refractivity contribution >= 4 is 28.0 Å². The van der Waals surface area contributed by atoms with E-state index in [0.29, 0.717) is 23.9 Å². The van der Waals surface area contributed by atoms with E-state index in [1.165, 1.54) is 18.7 Å². The average Bonchev–Trinajstić information content (AvgIpc) is 3.45. The Bertz CT molecular complexity index is 1150. The van der Waals surface area contributed by atoms with Crippen LogP contribution in [0.15, 0.2) is 43.0 Å². The molecule has 2 fully saturated rings. The molecule has 3 aromatic heterocycles. The van der Waals surface area contributed by atoms with Gasteiger partial charge in [0.05, 0.1) is 11.7 Å². The van der Waals surface area contributed by atoms with Crippen molar-refractivity contribution in [3.05, 3.63) is 48.8 Å². The van der Waals surface area contributed by atoms with E-state index in [0.717, 1.165) is 34.9 Å². The Balaban J connectivity index is 0.00000171.